The van der Waals surface area contributed by atoms with Gasteiger partial charge in [0.2, 0.25) is 0 Å². The van der Waals surface area contributed by atoms with E-state index in [4.69, 9.17) is 5.73 Å². The summed E-state index contributed by atoms with van der Waals surface area (Å²) < 4.78 is 4.38. The summed E-state index contributed by atoms with van der Waals surface area (Å²) in [6.07, 6.45) is 1.70. The maximum atomic E-state index is 13.0. The van der Waals surface area contributed by atoms with Crippen LogP contribution in [0.4, 0.5) is 11.4 Å². The molecule has 0 atom stereocenters. The summed E-state index contributed by atoms with van der Waals surface area (Å²) >= 11 is 1.15. The second-order valence-electron chi connectivity index (χ2n) is 7.06. The van der Waals surface area contributed by atoms with Gasteiger partial charge in [0, 0.05) is 38.1 Å². The third kappa shape index (κ3) is 3.45. The molecule has 1 aliphatic heterocycles. The van der Waals surface area contributed by atoms with Crippen molar-refractivity contribution in [1.82, 2.24) is 14.3 Å². The fraction of sp³-hybridized carbons (Fsp3) is 0.286. The molecular weight excluding hydrogens is 370 g/mol. The lowest BCUT2D eigenvalue weighted by molar-refractivity contribution is 0.0752. The number of anilines is 2. The van der Waals surface area contributed by atoms with E-state index < -0.39 is 0 Å². The van der Waals surface area contributed by atoms with E-state index in [0.717, 1.165) is 24.6 Å². The van der Waals surface area contributed by atoms with Gasteiger partial charge in [0.1, 0.15) is 10.6 Å². The van der Waals surface area contributed by atoms with E-state index in [1.165, 1.54) is 16.8 Å². The molecule has 0 radical (unpaired) electrons. The van der Waals surface area contributed by atoms with Gasteiger partial charge in [-0.1, -0.05) is 18.2 Å². The van der Waals surface area contributed by atoms with Gasteiger partial charge in [-0.05, 0) is 54.7 Å². The van der Waals surface area contributed by atoms with Crippen LogP contribution in [0.5, 0.6) is 0 Å². The summed E-state index contributed by atoms with van der Waals surface area (Å²) in [5.74, 6) is -0.0437. The van der Waals surface area contributed by atoms with Crippen molar-refractivity contribution < 1.29 is 4.79 Å². The molecule has 3 aromatic rings. The Kier molecular flexibility index (Phi) is 5.00. The van der Waals surface area contributed by atoms with Crippen molar-refractivity contribution in [1.29, 1.82) is 0 Å². The fourth-order valence-corrected chi connectivity index (χ4v) is 4.27. The second-order valence-corrected chi connectivity index (χ2v) is 7.83. The van der Waals surface area contributed by atoms with Crippen molar-refractivity contribution in [2.45, 2.75) is 13.8 Å². The predicted molar refractivity (Wildman–Crippen MR) is 114 cm³/mol. The predicted octanol–water partition coefficient (Wildman–Crippen LogP) is 3.37. The Morgan fingerprint density at radius 3 is 2.61 bits per heavy atom. The highest BCUT2D eigenvalue weighted by Crippen LogP contribution is 2.31. The highest BCUT2D eigenvalue weighted by atomic mass is 32.1. The molecule has 2 aromatic heterocycles. The molecule has 0 saturated carbocycles. The Morgan fingerprint density at radius 2 is 1.89 bits per heavy atom. The van der Waals surface area contributed by atoms with E-state index in [2.05, 4.69) is 46.3 Å². The monoisotopic (exact) mass is 393 g/mol. The number of aryl methyl sites for hydroxylation is 2. The van der Waals surface area contributed by atoms with Crippen LogP contribution in [0.1, 0.15) is 20.8 Å². The molecule has 0 unspecified atom stereocenters. The average molecular weight is 394 g/mol. The maximum Gasteiger partial charge on any atom is 0.267 e. The van der Waals surface area contributed by atoms with Crippen molar-refractivity contribution in [2.24, 2.45) is 0 Å². The van der Waals surface area contributed by atoms with Crippen LogP contribution in [-0.2, 0) is 0 Å². The topological polar surface area (TPSA) is 75.3 Å². The molecule has 1 aliphatic rings. The number of carbonyl (C=O) groups is 1. The third-order valence-corrected chi connectivity index (χ3v) is 5.95. The number of rotatable bonds is 3. The molecule has 0 spiro atoms. The summed E-state index contributed by atoms with van der Waals surface area (Å²) in [5.41, 5.74) is 11.7. The molecule has 1 amide bonds. The minimum absolute atomic E-state index is 0.0437. The van der Waals surface area contributed by atoms with E-state index >= 15 is 0 Å². The lowest BCUT2D eigenvalue weighted by atomic mass is 10.1. The van der Waals surface area contributed by atoms with Crippen LogP contribution in [-0.4, -0.2) is 46.3 Å². The number of nitrogens with two attached hydrogens (primary N) is 1. The van der Waals surface area contributed by atoms with Crippen LogP contribution < -0.4 is 10.6 Å². The van der Waals surface area contributed by atoms with E-state index in [1.807, 2.05) is 23.1 Å². The second kappa shape index (κ2) is 7.59. The molecule has 0 aliphatic carbocycles. The van der Waals surface area contributed by atoms with Gasteiger partial charge in [-0.15, -0.1) is 0 Å². The molecule has 4 rings (SSSR count). The quantitative estimate of drug-likeness (QED) is 0.738. The highest BCUT2D eigenvalue weighted by molar-refractivity contribution is 7.09. The van der Waals surface area contributed by atoms with Crippen LogP contribution >= 0.6 is 11.5 Å². The Morgan fingerprint density at radius 1 is 1.11 bits per heavy atom. The molecular formula is C21H23N5OS. The minimum Gasteiger partial charge on any atom is -0.396 e. The molecule has 1 saturated heterocycles. The first-order valence-electron chi connectivity index (χ1n) is 9.32. The average Bonchev–Trinajstić information content (AvgIpc) is 3.11. The summed E-state index contributed by atoms with van der Waals surface area (Å²) in [7, 11) is 0. The number of nitrogen functional groups attached to an aromatic ring is 1. The van der Waals surface area contributed by atoms with Crippen molar-refractivity contribution in [3.05, 3.63) is 58.6 Å². The first kappa shape index (κ1) is 18.4. The van der Waals surface area contributed by atoms with Gasteiger partial charge < -0.3 is 15.5 Å². The first-order valence-corrected chi connectivity index (χ1v) is 10.1. The SMILES string of the molecule is Cc1ccc(C)c(N2CCN(C(=O)c3snc(-c4ccccn4)c3N)CC2)c1. The van der Waals surface area contributed by atoms with E-state index in [-0.39, 0.29) is 5.91 Å². The molecule has 3 heterocycles. The zero-order chi connectivity index (χ0) is 19.7. The zero-order valence-electron chi connectivity index (χ0n) is 16.1. The van der Waals surface area contributed by atoms with E-state index in [9.17, 15) is 4.79 Å². The van der Waals surface area contributed by atoms with Crippen molar-refractivity contribution in [3.63, 3.8) is 0 Å². The van der Waals surface area contributed by atoms with E-state index in [1.54, 1.807) is 6.20 Å². The first-order chi connectivity index (χ1) is 13.5. The number of amides is 1. The molecule has 28 heavy (non-hydrogen) atoms. The van der Waals surface area contributed by atoms with Gasteiger partial charge in [0.25, 0.3) is 5.91 Å². The molecule has 6 nitrogen and oxygen atoms in total. The van der Waals surface area contributed by atoms with Crippen LogP contribution in [0.3, 0.4) is 0 Å². The number of benzene rings is 1. The van der Waals surface area contributed by atoms with Crippen molar-refractivity contribution in [3.8, 4) is 11.4 Å². The maximum absolute atomic E-state index is 13.0. The van der Waals surface area contributed by atoms with Crippen molar-refractivity contribution >= 4 is 28.8 Å². The summed E-state index contributed by atoms with van der Waals surface area (Å²) in [4.78, 5) is 22.0. The van der Waals surface area contributed by atoms with E-state index in [0.29, 0.717) is 35.0 Å². The van der Waals surface area contributed by atoms with Gasteiger partial charge in [-0.25, -0.2) is 0 Å². The Bertz CT molecular complexity index is 993. The smallest absolute Gasteiger partial charge is 0.267 e. The van der Waals surface area contributed by atoms with Gasteiger partial charge >= 0.3 is 0 Å². The molecule has 0 bridgehead atoms. The fourth-order valence-electron chi connectivity index (χ4n) is 3.49. The van der Waals surface area contributed by atoms with Gasteiger partial charge in [-0.3, -0.25) is 9.78 Å². The Balaban J connectivity index is 1.48. The number of hydrogen-bond donors (Lipinski definition) is 1. The number of pyridine rings is 1. The normalized spacial score (nSPS) is 14.4. The standard InChI is InChI=1S/C21H23N5OS/c1-14-6-7-15(2)17(13-14)25-9-11-26(12-10-25)21(27)20-18(22)19(24-28-20)16-5-3-4-8-23-16/h3-8,13H,9-12,22H2,1-2H3. The molecule has 144 valence electrons. The lowest BCUT2D eigenvalue weighted by Gasteiger charge is -2.36. The van der Waals surface area contributed by atoms with Crippen LogP contribution in [0, 0.1) is 13.8 Å². The Labute approximate surface area is 168 Å². The summed E-state index contributed by atoms with van der Waals surface area (Å²) in [5, 5.41) is 0. The molecule has 1 fully saturated rings. The third-order valence-electron chi connectivity index (χ3n) is 5.10. The molecule has 1 aromatic carbocycles. The summed E-state index contributed by atoms with van der Waals surface area (Å²) in [6, 6.07) is 12.1. The van der Waals surface area contributed by atoms with Crippen LogP contribution in [0.25, 0.3) is 11.4 Å². The van der Waals surface area contributed by atoms with Crippen molar-refractivity contribution in [2.75, 3.05) is 36.8 Å². The lowest BCUT2D eigenvalue weighted by Crippen LogP contribution is -2.49. The number of nitrogens with zero attached hydrogens (tertiary/aromatic N) is 4. The largest absolute Gasteiger partial charge is 0.396 e. The Hall–Kier alpha value is -2.93. The minimum atomic E-state index is -0.0437. The van der Waals surface area contributed by atoms with Gasteiger partial charge in [0.05, 0.1) is 11.4 Å². The van der Waals surface area contributed by atoms with Crippen LogP contribution in [0.2, 0.25) is 0 Å². The molecule has 2 N–H and O–H groups in total. The highest BCUT2D eigenvalue weighted by Gasteiger charge is 2.27. The van der Waals surface area contributed by atoms with Gasteiger partial charge in [0.15, 0.2) is 0 Å². The number of carbonyl (C=O) groups excluding carboxylic acids is 1. The number of aromatic nitrogens is 2. The molecule has 7 heteroatoms. The van der Waals surface area contributed by atoms with Crippen LogP contribution in [0.15, 0.2) is 42.6 Å². The summed E-state index contributed by atoms with van der Waals surface area (Å²) in [6.45, 7) is 7.19. The number of hydrogen-bond acceptors (Lipinski definition) is 6. The van der Waals surface area contributed by atoms with Gasteiger partial charge in [-0.2, -0.15) is 4.37 Å². The zero-order valence-corrected chi connectivity index (χ0v) is 16.9. The number of piperazine rings is 1.